The summed E-state index contributed by atoms with van der Waals surface area (Å²) in [5.41, 5.74) is 0.217. The fraction of sp³-hybridized carbons (Fsp3) is 0.375. The van der Waals surface area contributed by atoms with Crippen molar-refractivity contribution in [2.24, 2.45) is 7.05 Å². The first-order valence-electron chi connectivity index (χ1n) is 8.17. The second-order valence-electron chi connectivity index (χ2n) is 6.07. The molecule has 0 aromatic carbocycles. The highest BCUT2D eigenvalue weighted by atomic mass is 16.2. The van der Waals surface area contributed by atoms with E-state index in [1.165, 1.54) is 9.08 Å². The second kappa shape index (κ2) is 6.17. The number of aromatic nitrogens is 5. The minimum atomic E-state index is -0.312. The van der Waals surface area contributed by atoms with Gasteiger partial charge in [0.1, 0.15) is 18.4 Å². The van der Waals surface area contributed by atoms with E-state index in [2.05, 4.69) is 15.4 Å². The number of hydrogen-bond acceptors (Lipinski definition) is 5. The van der Waals surface area contributed by atoms with Crippen LogP contribution in [0.25, 0.3) is 5.65 Å². The first-order chi connectivity index (χ1) is 12.1. The van der Waals surface area contributed by atoms with E-state index < -0.39 is 0 Å². The molecule has 1 fully saturated rings. The van der Waals surface area contributed by atoms with Gasteiger partial charge in [-0.1, -0.05) is 6.07 Å². The Balaban J connectivity index is 1.61. The Morgan fingerprint density at radius 3 is 3.00 bits per heavy atom. The van der Waals surface area contributed by atoms with Crippen LogP contribution in [0.3, 0.4) is 0 Å². The van der Waals surface area contributed by atoms with Crippen molar-refractivity contribution in [1.82, 2.24) is 33.9 Å². The highest BCUT2D eigenvalue weighted by molar-refractivity contribution is 5.76. The van der Waals surface area contributed by atoms with Gasteiger partial charge in [0, 0.05) is 45.3 Å². The molecule has 0 bridgehead atoms. The molecule has 4 rings (SSSR count). The molecule has 1 aliphatic rings. The summed E-state index contributed by atoms with van der Waals surface area (Å²) in [5, 5.41) is 7.53. The Kier molecular flexibility index (Phi) is 3.85. The molecule has 0 spiro atoms. The Hall–Kier alpha value is -2.94. The van der Waals surface area contributed by atoms with Crippen LogP contribution in [0.5, 0.6) is 0 Å². The van der Waals surface area contributed by atoms with Crippen LogP contribution in [0.4, 0.5) is 0 Å². The average molecular weight is 341 g/mol. The van der Waals surface area contributed by atoms with Gasteiger partial charge in [0.05, 0.1) is 0 Å². The van der Waals surface area contributed by atoms with Gasteiger partial charge in [0.25, 0.3) is 0 Å². The Bertz CT molecular complexity index is 970. The third kappa shape index (κ3) is 2.72. The molecule has 1 saturated heterocycles. The maximum absolute atomic E-state index is 12.9. The molecule has 1 atom stereocenters. The van der Waals surface area contributed by atoms with Crippen molar-refractivity contribution in [2.75, 3.05) is 19.6 Å². The molecule has 9 nitrogen and oxygen atoms in total. The summed E-state index contributed by atoms with van der Waals surface area (Å²) >= 11 is 0. The predicted molar refractivity (Wildman–Crippen MR) is 90.0 cm³/mol. The minimum Gasteiger partial charge on any atom is -0.336 e. The van der Waals surface area contributed by atoms with Crippen LogP contribution in [-0.2, 0) is 18.4 Å². The molecule has 9 heteroatoms. The van der Waals surface area contributed by atoms with Crippen molar-refractivity contribution in [3.05, 3.63) is 53.1 Å². The Labute approximate surface area is 143 Å². The quantitative estimate of drug-likeness (QED) is 0.687. The average Bonchev–Trinajstić information content (AvgIpc) is 3.19. The predicted octanol–water partition coefficient (Wildman–Crippen LogP) is -0.597. The van der Waals surface area contributed by atoms with E-state index >= 15 is 0 Å². The van der Waals surface area contributed by atoms with E-state index in [0.717, 1.165) is 5.82 Å². The number of nitrogens with one attached hydrogen (secondary N) is 1. The summed E-state index contributed by atoms with van der Waals surface area (Å²) in [6, 6.07) is 5.15. The summed E-state index contributed by atoms with van der Waals surface area (Å²) in [6.07, 6.45) is 5.23. The molecular weight excluding hydrogens is 322 g/mol. The van der Waals surface area contributed by atoms with E-state index in [1.54, 1.807) is 35.5 Å². The number of rotatable bonds is 3. The fourth-order valence-corrected chi connectivity index (χ4v) is 3.22. The van der Waals surface area contributed by atoms with Crippen LogP contribution in [0.1, 0.15) is 11.9 Å². The van der Waals surface area contributed by atoms with E-state index in [0.29, 0.717) is 25.3 Å². The molecular formula is C16H19N7O2. The fourth-order valence-electron chi connectivity index (χ4n) is 3.22. The maximum atomic E-state index is 12.9. The van der Waals surface area contributed by atoms with Crippen LogP contribution in [0.2, 0.25) is 0 Å². The van der Waals surface area contributed by atoms with Crippen LogP contribution < -0.4 is 11.0 Å². The van der Waals surface area contributed by atoms with Gasteiger partial charge in [-0.3, -0.25) is 9.20 Å². The minimum absolute atomic E-state index is 0.0819. The van der Waals surface area contributed by atoms with Crippen molar-refractivity contribution in [3.63, 3.8) is 0 Å². The monoisotopic (exact) mass is 341 g/mol. The van der Waals surface area contributed by atoms with Gasteiger partial charge in [-0.15, -0.1) is 5.10 Å². The van der Waals surface area contributed by atoms with Gasteiger partial charge >= 0.3 is 5.69 Å². The highest BCUT2D eigenvalue weighted by Gasteiger charge is 2.30. The number of carbonyl (C=O) groups excluding carboxylic acids is 1. The molecule has 0 radical (unpaired) electrons. The molecule has 25 heavy (non-hydrogen) atoms. The van der Waals surface area contributed by atoms with Crippen molar-refractivity contribution in [2.45, 2.75) is 12.6 Å². The summed E-state index contributed by atoms with van der Waals surface area (Å²) < 4.78 is 4.56. The van der Waals surface area contributed by atoms with Crippen molar-refractivity contribution in [3.8, 4) is 0 Å². The lowest BCUT2D eigenvalue weighted by molar-refractivity contribution is -0.135. The van der Waals surface area contributed by atoms with Crippen molar-refractivity contribution >= 4 is 11.6 Å². The normalized spacial score (nSPS) is 18.0. The zero-order valence-corrected chi connectivity index (χ0v) is 13.9. The van der Waals surface area contributed by atoms with Crippen LogP contribution >= 0.6 is 0 Å². The van der Waals surface area contributed by atoms with E-state index in [1.807, 2.05) is 17.8 Å². The van der Waals surface area contributed by atoms with E-state index in [4.69, 9.17) is 0 Å². The third-order valence-corrected chi connectivity index (χ3v) is 4.49. The Morgan fingerprint density at radius 2 is 2.24 bits per heavy atom. The molecule has 1 N–H and O–H groups in total. The number of hydrogen-bond donors (Lipinski definition) is 1. The zero-order valence-electron chi connectivity index (χ0n) is 13.9. The molecule has 4 heterocycles. The van der Waals surface area contributed by atoms with Crippen LogP contribution in [0.15, 0.2) is 41.6 Å². The van der Waals surface area contributed by atoms with E-state index in [-0.39, 0.29) is 24.2 Å². The number of piperazine rings is 1. The van der Waals surface area contributed by atoms with Crippen LogP contribution in [-0.4, -0.2) is 54.2 Å². The summed E-state index contributed by atoms with van der Waals surface area (Å²) in [6.45, 7) is 1.84. The highest BCUT2D eigenvalue weighted by Crippen LogP contribution is 2.20. The lowest BCUT2D eigenvalue weighted by Gasteiger charge is -2.35. The van der Waals surface area contributed by atoms with Crippen molar-refractivity contribution < 1.29 is 4.79 Å². The number of carbonyl (C=O) groups is 1. The summed E-state index contributed by atoms with van der Waals surface area (Å²) in [5.74, 6) is 0.683. The maximum Gasteiger partial charge on any atom is 0.350 e. The number of aryl methyl sites for hydroxylation is 1. The lowest BCUT2D eigenvalue weighted by atomic mass is 10.1. The molecule has 3 aromatic rings. The van der Waals surface area contributed by atoms with Gasteiger partial charge in [-0.2, -0.15) is 0 Å². The third-order valence-electron chi connectivity index (χ3n) is 4.49. The van der Waals surface area contributed by atoms with Gasteiger partial charge < -0.3 is 14.8 Å². The molecule has 3 aromatic heterocycles. The van der Waals surface area contributed by atoms with Gasteiger partial charge in [-0.25, -0.2) is 14.5 Å². The standard InChI is InChI=1S/C16H19N7O2/c1-20-8-6-18-15(20)12-10-17-5-9-21(12)14(24)11-23-16(25)22-7-3-2-4-13(22)19-23/h2-4,6-8,12,17H,5,9-11H2,1H3. The molecule has 1 amide bonds. The number of fused-ring (bicyclic) bond motifs is 1. The first-order valence-corrected chi connectivity index (χ1v) is 8.17. The number of amides is 1. The topological polar surface area (TPSA) is 89.5 Å². The molecule has 1 aliphatic heterocycles. The van der Waals surface area contributed by atoms with Crippen molar-refractivity contribution in [1.29, 1.82) is 0 Å². The van der Waals surface area contributed by atoms with E-state index in [9.17, 15) is 9.59 Å². The molecule has 1 unspecified atom stereocenters. The molecule has 130 valence electrons. The number of imidazole rings is 1. The molecule has 0 aliphatic carbocycles. The zero-order chi connectivity index (χ0) is 17.4. The van der Waals surface area contributed by atoms with Crippen LogP contribution in [0, 0.1) is 0 Å². The number of pyridine rings is 1. The largest absolute Gasteiger partial charge is 0.350 e. The summed E-state index contributed by atoms with van der Waals surface area (Å²) in [7, 11) is 1.91. The van der Waals surface area contributed by atoms with Gasteiger partial charge in [-0.05, 0) is 12.1 Å². The van der Waals surface area contributed by atoms with Gasteiger partial charge in [0.15, 0.2) is 5.65 Å². The molecule has 0 saturated carbocycles. The van der Waals surface area contributed by atoms with Gasteiger partial charge in [0.2, 0.25) is 5.91 Å². The lowest BCUT2D eigenvalue weighted by Crippen LogP contribution is -2.50. The smallest absolute Gasteiger partial charge is 0.336 e. The summed E-state index contributed by atoms with van der Waals surface area (Å²) in [4.78, 5) is 31.4. The Morgan fingerprint density at radius 1 is 1.36 bits per heavy atom. The number of nitrogens with zero attached hydrogens (tertiary/aromatic N) is 6. The first kappa shape index (κ1) is 15.6. The second-order valence-corrected chi connectivity index (χ2v) is 6.07. The SMILES string of the molecule is Cn1ccnc1C1CNCCN1C(=O)Cn1nc2ccccn2c1=O.